The average molecular weight is 283 g/mol. The minimum absolute atomic E-state index is 0.576. The monoisotopic (exact) mass is 283 g/mol. The Morgan fingerprint density at radius 3 is 2.52 bits per heavy atom. The van der Waals surface area contributed by atoms with Gasteiger partial charge in [0.2, 0.25) is 0 Å². The molecule has 0 spiro atoms. The summed E-state index contributed by atoms with van der Waals surface area (Å²) >= 11 is 0. The van der Waals surface area contributed by atoms with Crippen molar-refractivity contribution < 1.29 is 0 Å². The van der Waals surface area contributed by atoms with Gasteiger partial charge < -0.3 is 10.3 Å². The van der Waals surface area contributed by atoms with Gasteiger partial charge in [-0.3, -0.25) is 0 Å². The van der Waals surface area contributed by atoms with Gasteiger partial charge in [0.05, 0.1) is 0 Å². The standard InChI is InChI=1S/C18H25N3/c1-11(2)10-21-17(19)16(20-18(21)14-7-8-14)15-6-5-12(3)13(4)9-15/h5-6,9,11,14H,7-8,10,19H2,1-4H3. The van der Waals surface area contributed by atoms with Crippen LogP contribution in [-0.2, 0) is 6.54 Å². The summed E-state index contributed by atoms with van der Waals surface area (Å²) in [6.45, 7) is 9.69. The van der Waals surface area contributed by atoms with E-state index in [1.54, 1.807) is 0 Å². The first-order chi connectivity index (χ1) is 9.97. The second-order valence-corrected chi connectivity index (χ2v) is 6.78. The molecule has 2 N–H and O–H groups in total. The molecule has 3 nitrogen and oxygen atoms in total. The maximum atomic E-state index is 6.44. The molecule has 3 heteroatoms. The lowest BCUT2D eigenvalue weighted by Gasteiger charge is -2.12. The number of hydrogen-bond acceptors (Lipinski definition) is 2. The fourth-order valence-electron chi connectivity index (χ4n) is 2.79. The van der Waals surface area contributed by atoms with E-state index < -0.39 is 0 Å². The van der Waals surface area contributed by atoms with Crippen molar-refractivity contribution in [2.75, 3.05) is 5.73 Å². The van der Waals surface area contributed by atoms with Gasteiger partial charge in [0, 0.05) is 18.0 Å². The maximum absolute atomic E-state index is 6.44. The Morgan fingerprint density at radius 2 is 1.95 bits per heavy atom. The number of aromatic nitrogens is 2. The Balaban J connectivity index is 2.07. The van der Waals surface area contributed by atoms with E-state index in [-0.39, 0.29) is 0 Å². The van der Waals surface area contributed by atoms with E-state index >= 15 is 0 Å². The molecule has 1 heterocycles. The molecule has 0 aliphatic heterocycles. The van der Waals surface area contributed by atoms with Crippen LogP contribution in [0, 0.1) is 19.8 Å². The number of imidazole rings is 1. The van der Waals surface area contributed by atoms with Crippen molar-refractivity contribution in [3.05, 3.63) is 35.2 Å². The summed E-state index contributed by atoms with van der Waals surface area (Å²) in [4.78, 5) is 4.90. The molecule has 1 aromatic heterocycles. The Labute approximate surface area is 127 Å². The molecular formula is C18H25N3. The number of benzene rings is 1. The van der Waals surface area contributed by atoms with Crippen LogP contribution in [0.1, 0.15) is 49.6 Å². The Bertz CT molecular complexity index is 663. The van der Waals surface area contributed by atoms with Crippen molar-refractivity contribution >= 4 is 5.82 Å². The van der Waals surface area contributed by atoms with Crippen LogP contribution < -0.4 is 5.73 Å². The van der Waals surface area contributed by atoms with Gasteiger partial charge >= 0.3 is 0 Å². The van der Waals surface area contributed by atoms with E-state index in [2.05, 4.69) is 50.5 Å². The van der Waals surface area contributed by atoms with E-state index in [0.29, 0.717) is 11.8 Å². The smallest absolute Gasteiger partial charge is 0.131 e. The quantitative estimate of drug-likeness (QED) is 0.910. The van der Waals surface area contributed by atoms with Crippen molar-refractivity contribution in [1.82, 2.24) is 9.55 Å². The number of hydrogen-bond donors (Lipinski definition) is 1. The Hall–Kier alpha value is -1.77. The number of anilines is 1. The maximum Gasteiger partial charge on any atom is 0.131 e. The molecule has 1 aliphatic rings. The number of nitrogens with zero attached hydrogens (tertiary/aromatic N) is 2. The van der Waals surface area contributed by atoms with Gasteiger partial charge in [-0.1, -0.05) is 26.0 Å². The topological polar surface area (TPSA) is 43.8 Å². The molecule has 1 saturated carbocycles. The SMILES string of the molecule is Cc1ccc(-c2nc(C3CC3)n(CC(C)C)c2N)cc1C. The van der Waals surface area contributed by atoms with Crippen LogP contribution in [0.25, 0.3) is 11.3 Å². The summed E-state index contributed by atoms with van der Waals surface area (Å²) in [6, 6.07) is 6.49. The Kier molecular flexibility index (Phi) is 3.52. The molecule has 3 rings (SSSR count). The van der Waals surface area contributed by atoms with Gasteiger partial charge in [0.1, 0.15) is 17.3 Å². The number of aryl methyl sites for hydroxylation is 2. The molecule has 2 aromatic rings. The molecule has 1 fully saturated rings. The van der Waals surface area contributed by atoms with E-state index in [4.69, 9.17) is 10.7 Å². The van der Waals surface area contributed by atoms with E-state index in [1.165, 1.54) is 29.8 Å². The molecule has 1 aromatic carbocycles. The first-order valence-electron chi connectivity index (χ1n) is 7.91. The predicted molar refractivity (Wildman–Crippen MR) is 88.4 cm³/mol. The molecule has 0 unspecified atom stereocenters. The van der Waals surface area contributed by atoms with E-state index in [0.717, 1.165) is 23.6 Å². The predicted octanol–water partition coefficient (Wildman–Crippen LogP) is 4.28. The lowest BCUT2D eigenvalue weighted by Crippen LogP contribution is -2.10. The normalized spacial score (nSPS) is 14.9. The van der Waals surface area contributed by atoms with Gasteiger partial charge in [-0.25, -0.2) is 4.98 Å². The molecule has 0 radical (unpaired) electrons. The van der Waals surface area contributed by atoms with Crippen molar-refractivity contribution in [3.8, 4) is 11.3 Å². The summed E-state index contributed by atoms with van der Waals surface area (Å²) in [7, 11) is 0. The largest absolute Gasteiger partial charge is 0.383 e. The zero-order chi connectivity index (χ0) is 15.1. The third-order valence-electron chi connectivity index (χ3n) is 4.31. The summed E-state index contributed by atoms with van der Waals surface area (Å²) in [6.07, 6.45) is 2.50. The highest BCUT2D eigenvalue weighted by Gasteiger charge is 2.31. The highest BCUT2D eigenvalue weighted by atomic mass is 15.2. The summed E-state index contributed by atoms with van der Waals surface area (Å²) in [5.74, 6) is 3.21. The zero-order valence-electron chi connectivity index (χ0n) is 13.5. The van der Waals surface area contributed by atoms with Crippen LogP contribution in [0.4, 0.5) is 5.82 Å². The van der Waals surface area contributed by atoms with Crippen LogP contribution in [-0.4, -0.2) is 9.55 Å². The summed E-state index contributed by atoms with van der Waals surface area (Å²) < 4.78 is 2.24. The number of nitrogen functional groups attached to an aromatic ring is 1. The van der Waals surface area contributed by atoms with Crippen LogP contribution >= 0.6 is 0 Å². The molecule has 21 heavy (non-hydrogen) atoms. The van der Waals surface area contributed by atoms with Crippen LogP contribution in [0.15, 0.2) is 18.2 Å². The average Bonchev–Trinajstić information content (AvgIpc) is 3.21. The first-order valence-corrected chi connectivity index (χ1v) is 7.91. The van der Waals surface area contributed by atoms with Crippen molar-refractivity contribution in [3.63, 3.8) is 0 Å². The highest BCUT2D eigenvalue weighted by Crippen LogP contribution is 2.42. The molecular weight excluding hydrogens is 258 g/mol. The molecule has 0 atom stereocenters. The number of nitrogens with two attached hydrogens (primary N) is 1. The Morgan fingerprint density at radius 1 is 1.24 bits per heavy atom. The minimum atomic E-state index is 0.576. The third kappa shape index (κ3) is 2.69. The third-order valence-corrected chi connectivity index (χ3v) is 4.31. The van der Waals surface area contributed by atoms with Gasteiger partial charge in [0.15, 0.2) is 0 Å². The molecule has 112 valence electrons. The first kappa shape index (κ1) is 14.2. The molecule has 0 amide bonds. The van der Waals surface area contributed by atoms with E-state index in [9.17, 15) is 0 Å². The number of rotatable bonds is 4. The minimum Gasteiger partial charge on any atom is -0.383 e. The molecule has 1 aliphatic carbocycles. The molecule has 0 saturated heterocycles. The lowest BCUT2D eigenvalue weighted by molar-refractivity contribution is 0.512. The van der Waals surface area contributed by atoms with Crippen molar-refractivity contribution in [2.45, 2.75) is 53.0 Å². The zero-order valence-corrected chi connectivity index (χ0v) is 13.5. The fourth-order valence-corrected chi connectivity index (χ4v) is 2.79. The van der Waals surface area contributed by atoms with Crippen LogP contribution in [0.3, 0.4) is 0 Å². The van der Waals surface area contributed by atoms with Crippen molar-refractivity contribution in [1.29, 1.82) is 0 Å². The van der Waals surface area contributed by atoms with Crippen LogP contribution in [0.2, 0.25) is 0 Å². The lowest BCUT2D eigenvalue weighted by atomic mass is 10.0. The second kappa shape index (κ2) is 5.21. The van der Waals surface area contributed by atoms with E-state index in [1.807, 2.05) is 0 Å². The highest BCUT2D eigenvalue weighted by molar-refractivity contribution is 5.72. The fraction of sp³-hybridized carbons (Fsp3) is 0.500. The summed E-state index contributed by atoms with van der Waals surface area (Å²) in [5, 5.41) is 0. The van der Waals surface area contributed by atoms with Gasteiger partial charge in [-0.15, -0.1) is 0 Å². The second-order valence-electron chi connectivity index (χ2n) is 6.78. The van der Waals surface area contributed by atoms with Gasteiger partial charge in [0.25, 0.3) is 0 Å². The summed E-state index contributed by atoms with van der Waals surface area (Å²) in [5.41, 5.74) is 11.1. The van der Waals surface area contributed by atoms with Crippen molar-refractivity contribution in [2.24, 2.45) is 5.92 Å². The molecule has 0 bridgehead atoms. The van der Waals surface area contributed by atoms with Gasteiger partial charge in [-0.05, 0) is 49.8 Å². The van der Waals surface area contributed by atoms with Gasteiger partial charge in [-0.2, -0.15) is 0 Å². The van der Waals surface area contributed by atoms with Crippen LogP contribution in [0.5, 0.6) is 0 Å².